The molecule has 1 N–H and O–H groups in total. The van der Waals surface area contributed by atoms with Gasteiger partial charge < -0.3 is 15.0 Å². The monoisotopic (exact) mass is 396 g/mol. The number of hydrogen-bond donors (Lipinski definition) is 1. The Hall–Kier alpha value is -3.86. The molecular weight excluding hydrogens is 372 g/mol. The van der Waals surface area contributed by atoms with E-state index in [-0.39, 0.29) is 0 Å². The lowest BCUT2D eigenvalue weighted by Gasteiger charge is -2.19. The number of aryl methyl sites for hydroxylation is 1. The Labute approximate surface area is 177 Å². The molecule has 0 saturated heterocycles. The largest absolute Gasteiger partial charge is 0.455 e. The van der Waals surface area contributed by atoms with Gasteiger partial charge in [-0.3, -0.25) is 0 Å². The maximum atomic E-state index is 6.05. The average Bonchev–Trinajstić information content (AvgIpc) is 2.76. The predicted octanol–water partition coefficient (Wildman–Crippen LogP) is 5.96. The lowest BCUT2D eigenvalue weighted by Crippen LogP contribution is -2.19. The van der Waals surface area contributed by atoms with Gasteiger partial charge in [0.1, 0.15) is 11.6 Å². The summed E-state index contributed by atoms with van der Waals surface area (Å²) in [6.07, 6.45) is 0. The normalized spacial score (nSPS) is 10.5. The summed E-state index contributed by atoms with van der Waals surface area (Å²) in [5.74, 6) is 2.91. The molecule has 0 fully saturated rings. The van der Waals surface area contributed by atoms with Crippen LogP contribution < -0.4 is 15.0 Å². The van der Waals surface area contributed by atoms with Gasteiger partial charge in [-0.25, -0.2) is 4.98 Å². The quantitative estimate of drug-likeness (QED) is 0.418. The fraction of sp³-hybridized carbons (Fsp3) is 0.120. The van der Waals surface area contributed by atoms with Gasteiger partial charge in [0, 0.05) is 25.4 Å². The SMILES string of the molecule is Cc1cc(Nc2ccccc2Oc2ccccc2)nc(N(C)Cc2ccccc2)n1. The van der Waals surface area contributed by atoms with Gasteiger partial charge in [-0.2, -0.15) is 4.98 Å². The molecule has 0 aliphatic heterocycles. The van der Waals surface area contributed by atoms with Gasteiger partial charge in [0.15, 0.2) is 5.75 Å². The van der Waals surface area contributed by atoms with E-state index in [2.05, 4.69) is 22.4 Å². The lowest BCUT2D eigenvalue weighted by molar-refractivity contribution is 0.485. The van der Waals surface area contributed by atoms with Crippen molar-refractivity contribution < 1.29 is 4.74 Å². The molecule has 0 amide bonds. The summed E-state index contributed by atoms with van der Waals surface area (Å²) in [6.45, 7) is 2.70. The second-order valence-corrected chi connectivity index (χ2v) is 7.07. The Balaban J connectivity index is 1.55. The number of nitrogens with one attached hydrogen (secondary N) is 1. The Bertz CT molecular complexity index is 1100. The van der Waals surface area contributed by atoms with E-state index in [1.54, 1.807) is 0 Å². The molecule has 0 spiro atoms. The van der Waals surface area contributed by atoms with Crippen LogP contribution in [-0.2, 0) is 6.54 Å². The molecule has 0 unspecified atom stereocenters. The molecule has 5 heteroatoms. The van der Waals surface area contributed by atoms with Crippen LogP contribution >= 0.6 is 0 Å². The summed E-state index contributed by atoms with van der Waals surface area (Å²) in [6, 6.07) is 29.8. The summed E-state index contributed by atoms with van der Waals surface area (Å²) >= 11 is 0. The van der Waals surface area contributed by atoms with Crippen molar-refractivity contribution >= 4 is 17.5 Å². The minimum absolute atomic E-state index is 0.669. The summed E-state index contributed by atoms with van der Waals surface area (Å²) in [7, 11) is 2.00. The van der Waals surface area contributed by atoms with Gasteiger partial charge in [-0.15, -0.1) is 0 Å². The zero-order valence-corrected chi connectivity index (χ0v) is 17.1. The van der Waals surface area contributed by atoms with Crippen LogP contribution in [0, 0.1) is 6.92 Å². The van der Waals surface area contributed by atoms with Crippen LogP contribution in [0.15, 0.2) is 91.0 Å². The number of nitrogens with zero attached hydrogens (tertiary/aromatic N) is 3. The zero-order chi connectivity index (χ0) is 20.8. The number of aromatic nitrogens is 2. The Morgan fingerprint density at radius 3 is 2.27 bits per heavy atom. The summed E-state index contributed by atoms with van der Waals surface area (Å²) in [5.41, 5.74) is 2.95. The highest BCUT2D eigenvalue weighted by Gasteiger charge is 2.11. The highest BCUT2D eigenvalue weighted by Crippen LogP contribution is 2.31. The molecule has 0 atom stereocenters. The second-order valence-electron chi connectivity index (χ2n) is 7.07. The molecule has 0 radical (unpaired) electrons. The predicted molar refractivity (Wildman–Crippen MR) is 122 cm³/mol. The van der Waals surface area contributed by atoms with E-state index >= 15 is 0 Å². The van der Waals surface area contributed by atoms with Gasteiger partial charge in [-0.1, -0.05) is 60.7 Å². The maximum Gasteiger partial charge on any atom is 0.227 e. The van der Waals surface area contributed by atoms with Gasteiger partial charge in [-0.05, 0) is 36.8 Å². The molecule has 0 aliphatic carbocycles. The first kappa shape index (κ1) is 19.5. The molecule has 4 rings (SSSR count). The topological polar surface area (TPSA) is 50.3 Å². The maximum absolute atomic E-state index is 6.05. The Kier molecular flexibility index (Phi) is 5.90. The van der Waals surface area contributed by atoms with Crippen LogP contribution in [0.1, 0.15) is 11.3 Å². The minimum Gasteiger partial charge on any atom is -0.455 e. The number of benzene rings is 3. The third-order valence-electron chi connectivity index (χ3n) is 4.57. The number of rotatable bonds is 7. The van der Waals surface area contributed by atoms with Gasteiger partial charge in [0.2, 0.25) is 5.95 Å². The van der Waals surface area contributed by atoms with Crippen LogP contribution in [0.4, 0.5) is 17.5 Å². The Morgan fingerprint density at radius 1 is 0.833 bits per heavy atom. The number of anilines is 3. The van der Waals surface area contributed by atoms with Gasteiger partial charge in [0.25, 0.3) is 0 Å². The number of para-hydroxylation sites is 3. The van der Waals surface area contributed by atoms with Gasteiger partial charge in [0.05, 0.1) is 5.69 Å². The first-order valence-corrected chi connectivity index (χ1v) is 9.87. The van der Waals surface area contributed by atoms with Crippen LogP contribution in [0.3, 0.4) is 0 Å². The molecule has 5 nitrogen and oxygen atoms in total. The fourth-order valence-electron chi connectivity index (χ4n) is 3.13. The van der Waals surface area contributed by atoms with Crippen LogP contribution in [-0.4, -0.2) is 17.0 Å². The summed E-state index contributed by atoms with van der Waals surface area (Å²) in [4.78, 5) is 11.4. The summed E-state index contributed by atoms with van der Waals surface area (Å²) in [5, 5.41) is 3.39. The molecule has 150 valence electrons. The average molecular weight is 396 g/mol. The standard InChI is InChI=1S/C25H24N4O/c1-19-17-24(28-25(26-19)29(2)18-20-11-5-3-6-12-20)27-22-15-9-10-16-23(22)30-21-13-7-4-8-14-21/h3-17H,18H2,1-2H3,(H,26,27,28). The first-order chi connectivity index (χ1) is 14.7. The van der Waals surface area contributed by atoms with Gasteiger partial charge >= 0.3 is 0 Å². The number of hydrogen-bond acceptors (Lipinski definition) is 5. The van der Waals surface area contributed by atoms with E-state index in [1.165, 1.54) is 5.56 Å². The second kappa shape index (κ2) is 9.09. The van der Waals surface area contributed by atoms with E-state index in [9.17, 15) is 0 Å². The minimum atomic E-state index is 0.669. The highest BCUT2D eigenvalue weighted by atomic mass is 16.5. The smallest absolute Gasteiger partial charge is 0.227 e. The van der Waals surface area contributed by atoms with Crippen molar-refractivity contribution in [3.8, 4) is 11.5 Å². The molecule has 4 aromatic rings. The van der Waals surface area contributed by atoms with Crippen molar-refractivity contribution in [1.82, 2.24) is 9.97 Å². The molecule has 0 aliphatic rings. The molecular formula is C25H24N4O. The Morgan fingerprint density at radius 2 is 1.50 bits per heavy atom. The summed E-state index contributed by atoms with van der Waals surface area (Å²) < 4.78 is 6.05. The van der Waals surface area contributed by atoms with Crippen LogP contribution in [0.2, 0.25) is 0 Å². The molecule has 3 aromatic carbocycles. The lowest BCUT2D eigenvalue weighted by atomic mass is 10.2. The van der Waals surface area contributed by atoms with Crippen LogP contribution in [0.5, 0.6) is 11.5 Å². The van der Waals surface area contributed by atoms with Crippen molar-refractivity contribution in [1.29, 1.82) is 0 Å². The third kappa shape index (κ3) is 4.94. The van der Waals surface area contributed by atoms with E-state index < -0.39 is 0 Å². The van der Waals surface area contributed by atoms with E-state index in [4.69, 9.17) is 9.72 Å². The number of ether oxygens (including phenoxy) is 1. The van der Waals surface area contributed by atoms with E-state index in [0.29, 0.717) is 5.95 Å². The first-order valence-electron chi connectivity index (χ1n) is 9.87. The zero-order valence-electron chi connectivity index (χ0n) is 17.1. The molecule has 0 saturated carbocycles. The molecule has 30 heavy (non-hydrogen) atoms. The molecule has 1 heterocycles. The fourth-order valence-corrected chi connectivity index (χ4v) is 3.13. The van der Waals surface area contributed by atoms with Crippen molar-refractivity contribution in [2.45, 2.75) is 13.5 Å². The van der Waals surface area contributed by atoms with Crippen molar-refractivity contribution in [3.63, 3.8) is 0 Å². The molecule has 1 aromatic heterocycles. The van der Waals surface area contributed by atoms with Crippen molar-refractivity contribution in [2.75, 3.05) is 17.3 Å². The van der Waals surface area contributed by atoms with Crippen molar-refractivity contribution in [3.05, 3.63) is 102 Å². The van der Waals surface area contributed by atoms with Crippen LogP contribution in [0.25, 0.3) is 0 Å². The van der Waals surface area contributed by atoms with E-state index in [1.807, 2.05) is 97.7 Å². The highest BCUT2D eigenvalue weighted by molar-refractivity contribution is 5.65. The third-order valence-corrected chi connectivity index (χ3v) is 4.57. The van der Waals surface area contributed by atoms with Crippen molar-refractivity contribution in [2.24, 2.45) is 0 Å². The molecule has 0 bridgehead atoms. The van der Waals surface area contributed by atoms with E-state index in [0.717, 1.165) is 35.2 Å².